The molecule has 0 aromatic carbocycles. The van der Waals surface area contributed by atoms with Crippen molar-refractivity contribution in [2.75, 3.05) is 7.11 Å². The van der Waals surface area contributed by atoms with E-state index in [1.807, 2.05) is 6.08 Å². The highest BCUT2D eigenvalue weighted by molar-refractivity contribution is 5.50. The van der Waals surface area contributed by atoms with Crippen LogP contribution in [0.25, 0.3) is 0 Å². The van der Waals surface area contributed by atoms with E-state index in [9.17, 15) is 0 Å². The third-order valence-corrected chi connectivity index (χ3v) is 2.14. The smallest absolute Gasteiger partial charge is 0.107 e. The third-order valence-electron chi connectivity index (χ3n) is 2.14. The number of hydrogen-bond donors (Lipinski definition) is 0. The molecule has 2 nitrogen and oxygen atoms in total. The van der Waals surface area contributed by atoms with Gasteiger partial charge in [0.1, 0.15) is 7.11 Å². The minimum absolute atomic E-state index is 1.07. The summed E-state index contributed by atoms with van der Waals surface area (Å²) in [6.07, 6.45) is 10.0. The Kier molecular flexibility index (Phi) is 4.55. The summed E-state index contributed by atoms with van der Waals surface area (Å²) in [6.45, 7) is 0. The first-order chi connectivity index (χ1) is 5.93. The van der Waals surface area contributed by atoms with Crippen LogP contribution in [-0.2, 0) is 4.84 Å². The summed E-state index contributed by atoms with van der Waals surface area (Å²) < 4.78 is 0. The van der Waals surface area contributed by atoms with Crippen LogP contribution in [-0.4, -0.2) is 13.0 Å². The second-order valence-corrected chi connectivity index (χ2v) is 3.33. The summed E-state index contributed by atoms with van der Waals surface area (Å²) in [5.74, 6) is 3.79. The fourth-order valence-electron chi connectivity index (χ4n) is 1.24. The van der Waals surface area contributed by atoms with E-state index in [2.05, 4.69) is 15.9 Å². The summed E-state index contributed by atoms with van der Waals surface area (Å²) >= 11 is 0. The number of rotatable bonds is 6. The second kappa shape index (κ2) is 5.84. The van der Waals surface area contributed by atoms with Gasteiger partial charge >= 0.3 is 0 Å². The van der Waals surface area contributed by atoms with Gasteiger partial charge in [-0.1, -0.05) is 25.7 Å². The van der Waals surface area contributed by atoms with Crippen molar-refractivity contribution in [3.8, 4) is 0 Å². The van der Waals surface area contributed by atoms with Crippen LogP contribution in [0.2, 0.25) is 0 Å². The molecule has 0 radical (unpaired) electrons. The average Bonchev–Trinajstić information content (AvgIpc) is 2.87. The van der Waals surface area contributed by atoms with Crippen molar-refractivity contribution in [3.05, 3.63) is 6.08 Å². The van der Waals surface area contributed by atoms with Crippen molar-refractivity contribution in [2.24, 2.45) is 11.1 Å². The van der Waals surface area contributed by atoms with Gasteiger partial charge in [-0.2, -0.15) is 0 Å². The first-order valence-corrected chi connectivity index (χ1v) is 4.74. The van der Waals surface area contributed by atoms with E-state index in [0.29, 0.717) is 0 Å². The zero-order valence-electron chi connectivity index (χ0n) is 7.75. The normalized spacial score (nSPS) is 15.1. The van der Waals surface area contributed by atoms with Crippen molar-refractivity contribution in [1.82, 2.24) is 0 Å². The Morgan fingerprint density at radius 3 is 3.00 bits per heavy atom. The molecule has 1 aliphatic carbocycles. The lowest BCUT2D eigenvalue weighted by Gasteiger charge is -1.93. The summed E-state index contributed by atoms with van der Waals surface area (Å²) in [6, 6.07) is 0. The largest absolute Gasteiger partial charge is 0.392 e. The fourth-order valence-corrected chi connectivity index (χ4v) is 1.24. The first-order valence-electron chi connectivity index (χ1n) is 4.74. The van der Waals surface area contributed by atoms with Crippen LogP contribution < -0.4 is 0 Å². The standard InChI is InChI=1S/C10H17NO/c1-12-11-9-5-3-2-4-6-10-7-8-10/h5,10H,2-4,6-8H2,1H3. The van der Waals surface area contributed by atoms with Crippen LogP contribution in [0.3, 0.4) is 0 Å². The lowest BCUT2D eigenvalue weighted by atomic mass is 10.1. The van der Waals surface area contributed by atoms with Gasteiger partial charge in [0.05, 0.1) is 0 Å². The Balaban J connectivity index is 1.84. The number of hydrogen-bond acceptors (Lipinski definition) is 2. The molecule has 12 heavy (non-hydrogen) atoms. The molecule has 0 unspecified atom stereocenters. The molecule has 0 atom stereocenters. The van der Waals surface area contributed by atoms with Crippen molar-refractivity contribution in [2.45, 2.75) is 38.5 Å². The van der Waals surface area contributed by atoms with Crippen molar-refractivity contribution < 1.29 is 4.84 Å². The molecule has 0 N–H and O–H groups in total. The van der Waals surface area contributed by atoms with Crippen molar-refractivity contribution in [1.29, 1.82) is 0 Å². The number of allylic oxidation sites excluding steroid dienone is 1. The molecule has 0 heterocycles. The van der Waals surface area contributed by atoms with Gasteiger partial charge in [-0.15, -0.1) is 0 Å². The van der Waals surface area contributed by atoms with Crippen LogP contribution in [0.4, 0.5) is 0 Å². The highest BCUT2D eigenvalue weighted by Gasteiger charge is 2.19. The van der Waals surface area contributed by atoms with Gasteiger partial charge in [-0.25, -0.2) is 0 Å². The monoisotopic (exact) mass is 167 g/mol. The Morgan fingerprint density at radius 2 is 2.33 bits per heavy atom. The minimum Gasteiger partial charge on any atom is -0.392 e. The van der Waals surface area contributed by atoms with Gasteiger partial charge in [0.2, 0.25) is 0 Å². The summed E-state index contributed by atoms with van der Waals surface area (Å²) in [5.41, 5.74) is 0. The summed E-state index contributed by atoms with van der Waals surface area (Å²) in [4.78, 5) is 4.48. The third kappa shape index (κ3) is 4.97. The lowest BCUT2D eigenvalue weighted by molar-refractivity contribution is 0.216. The highest BCUT2D eigenvalue weighted by atomic mass is 16.6. The molecule has 1 aliphatic rings. The molecular formula is C10H17NO. The van der Waals surface area contributed by atoms with Gasteiger partial charge in [0, 0.05) is 5.87 Å². The van der Waals surface area contributed by atoms with Crippen LogP contribution >= 0.6 is 0 Å². The molecule has 0 aliphatic heterocycles. The molecule has 68 valence electrons. The van der Waals surface area contributed by atoms with Crippen LogP contribution in [0.1, 0.15) is 38.5 Å². The summed E-state index contributed by atoms with van der Waals surface area (Å²) in [5, 5.41) is 3.51. The fraction of sp³-hybridized carbons (Fsp3) is 0.800. The molecule has 0 aromatic heterocycles. The Morgan fingerprint density at radius 1 is 1.50 bits per heavy atom. The number of nitrogens with zero attached hydrogens (tertiary/aromatic N) is 1. The van der Waals surface area contributed by atoms with E-state index in [1.165, 1.54) is 39.2 Å². The quantitative estimate of drug-likeness (QED) is 0.338. The lowest BCUT2D eigenvalue weighted by Crippen LogP contribution is -1.77. The van der Waals surface area contributed by atoms with E-state index >= 15 is 0 Å². The molecule has 0 spiro atoms. The maximum absolute atomic E-state index is 4.48. The molecule has 1 saturated carbocycles. The highest BCUT2D eigenvalue weighted by Crippen LogP contribution is 2.33. The predicted molar refractivity (Wildman–Crippen MR) is 50.2 cm³/mol. The van der Waals surface area contributed by atoms with Gasteiger partial charge in [-0.3, -0.25) is 0 Å². The van der Waals surface area contributed by atoms with Gasteiger partial charge in [-0.05, 0) is 30.0 Å². The topological polar surface area (TPSA) is 21.6 Å². The van der Waals surface area contributed by atoms with E-state index in [1.54, 1.807) is 0 Å². The molecule has 0 saturated heterocycles. The van der Waals surface area contributed by atoms with E-state index in [0.717, 1.165) is 12.3 Å². The van der Waals surface area contributed by atoms with Crippen molar-refractivity contribution in [3.63, 3.8) is 0 Å². The van der Waals surface area contributed by atoms with Crippen LogP contribution in [0.15, 0.2) is 11.2 Å². The van der Waals surface area contributed by atoms with E-state index in [-0.39, 0.29) is 0 Å². The number of unbranched alkanes of at least 4 members (excludes halogenated alkanes) is 2. The average molecular weight is 167 g/mol. The van der Waals surface area contributed by atoms with Crippen LogP contribution in [0, 0.1) is 5.92 Å². The minimum atomic E-state index is 1.07. The first kappa shape index (κ1) is 9.34. The predicted octanol–water partition coefficient (Wildman–Crippen LogP) is 2.74. The maximum Gasteiger partial charge on any atom is 0.107 e. The van der Waals surface area contributed by atoms with E-state index in [4.69, 9.17) is 0 Å². The van der Waals surface area contributed by atoms with Gasteiger partial charge < -0.3 is 4.84 Å². The Bertz CT molecular complexity index is 167. The van der Waals surface area contributed by atoms with Gasteiger partial charge in [0.15, 0.2) is 0 Å². The maximum atomic E-state index is 4.48. The van der Waals surface area contributed by atoms with Gasteiger partial charge in [0.25, 0.3) is 0 Å². The molecule has 0 aromatic rings. The Hall–Kier alpha value is -0.750. The Labute approximate surface area is 74.3 Å². The summed E-state index contributed by atoms with van der Waals surface area (Å²) in [7, 11) is 1.54. The van der Waals surface area contributed by atoms with Crippen molar-refractivity contribution >= 4 is 5.87 Å². The van der Waals surface area contributed by atoms with Crippen LogP contribution in [0.5, 0.6) is 0 Å². The molecule has 2 heteroatoms. The molecule has 1 fully saturated rings. The SMILES string of the molecule is CON=C=CCCCCC1CC1. The molecule has 0 amide bonds. The molecule has 1 rings (SSSR count). The zero-order valence-corrected chi connectivity index (χ0v) is 7.75. The second-order valence-electron chi connectivity index (χ2n) is 3.33. The molecule has 0 bridgehead atoms. The molecular weight excluding hydrogens is 150 g/mol. The zero-order chi connectivity index (χ0) is 8.65. The van der Waals surface area contributed by atoms with E-state index < -0.39 is 0 Å².